The van der Waals surface area contributed by atoms with Crippen LogP contribution in [0.5, 0.6) is 5.75 Å². The van der Waals surface area contributed by atoms with E-state index in [1.54, 1.807) is 6.07 Å². The van der Waals surface area contributed by atoms with Gasteiger partial charge in [-0.05, 0) is 73.1 Å². The predicted octanol–water partition coefficient (Wildman–Crippen LogP) is 6.52. The summed E-state index contributed by atoms with van der Waals surface area (Å²) in [6.07, 6.45) is 0. The standard InChI is InChI=1S/C24H24ClNO.ClH/c1-17(16-26(2)3)24(21-5-4-6-23(27)15-21)20-9-7-18(8-10-20)19-11-13-22(25)14-12-19;/h4-15,27H,16H2,1-3H3;1H/b24-17+;. The summed E-state index contributed by atoms with van der Waals surface area (Å²) in [5, 5.41) is 10.7. The van der Waals surface area contributed by atoms with Crippen molar-refractivity contribution in [3.05, 3.63) is 94.5 Å². The zero-order valence-corrected chi connectivity index (χ0v) is 17.9. The summed E-state index contributed by atoms with van der Waals surface area (Å²) < 4.78 is 0. The first-order valence-electron chi connectivity index (χ1n) is 8.94. The summed E-state index contributed by atoms with van der Waals surface area (Å²) in [4.78, 5) is 2.15. The van der Waals surface area contributed by atoms with Crippen molar-refractivity contribution in [1.29, 1.82) is 0 Å². The molecule has 4 heteroatoms. The molecule has 0 fully saturated rings. The Bertz CT molecular complexity index is 945. The number of rotatable bonds is 5. The molecule has 0 aliphatic heterocycles. The van der Waals surface area contributed by atoms with Crippen LogP contribution in [0.25, 0.3) is 16.7 Å². The van der Waals surface area contributed by atoms with Crippen molar-refractivity contribution in [2.75, 3.05) is 20.6 Å². The van der Waals surface area contributed by atoms with Crippen LogP contribution < -0.4 is 0 Å². The molecule has 0 saturated carbocycles. The van der Waals surface area contributed by atoms with Crippen LogP contribution in [0.1, 0.15) is 18.1 Å². The number of benzene rings is 3. The molecule has 3 rings (SSSR count). The molecular formula is C24H25Cl2NO. The maximum absolute atomic E-state index is 9.94. The molecule has 146 valence electrons. The van der Waals surface area contributed by atoms with E-state index in [1.165, 1.54) is 5.57 Å². The second kappa shape index (κ2) is 9.79. The molecule has 28 heavy (non-hydrogen) atoms. The van der Waals surface area contributed by atoms with E-state index in [-0.39, 0.29) is 18.2 Å². The summed E-state index contributed by atoms with van der Waals surface area (Å²) in [5.41, 5.74) is 6.85. The predicted molar refractivity (Wildman–Crippen MR) is 122 cm³/mol. The first-order chi connectivity index (χ1) is 12.9. The Kier molecular flexibility index (Phi) is 7.70. The molecule has 1 N–H and O–H groups in total. The molecule has 2 nitrogen and oxygen atoms in total. The lowest BCUT2D eigenvalue weighted by molar-refractivity contribution is 0.446. The van der Waals surface area contributed by atoms with Crippen LogP contribution in [0.4, 0.5) is 0 Å². The van der Waals surface area contributed by atoms with Crippen LogP contribution in [0.3, 0.4) is 0 Å². The van der Waals surface area contributed by atoms with E-state index in [1.807, 2.05) is 42.5 Å². The molecule has 0 amide bonds. The van der Waals surface area contributed by atoms with Crippen LogP contribution in [-0.4, -0.2) is 30.6 Å². The van der Waals surface area contributed by atoms with E-state index in [2.05, 4.69) is 50.2 Å². The summed E-state index contributed by atoms with van der Waals surface area (Å²) in [6, 6.07) is 23.9. The van der Waals surface area contributed by atoms with Gasteiger partial charge in [0.2, 0.25) is 0 Å². The van der Waals surface area contributed by atoms with Gasteiger partial charge >= 0.3 is 0 Å². The van der Waals surface area contributed by atoms with E-state index in [4.69, 9.17) is 11.6 Å². The van der Waals surface area contributed by atoms with E-state index >= 15 is 0 Å². The summed E-state index contributed by atoms with van der Waals surface area (Å²) in [5.74, 6) is 0.278. The maximum Gasteiger partial charge on any atom is 0.116 e. The highest BCUT2D eigenvalue weighted by molar-refractivity contribution is 6.30. The number of phenolic OH excluding ortho intramolecular Hbond substituents is 1. The zero-order chi connectivity index (χ0) is 19.4. The molecule has 0 spiro atoms. The highest BCUT2D eigenvalue weighted by Crippen LogP contribution is 2.31. The third-order valence-corrected chi connectivity index (χ3v) is 4.72. The number of hydrogen-bond donors (Lipinski definition) is 1. The molecule has 0 atom stereocenters. The highest BCUT2D eigenvalue weighted by Gasteiger charge is 2.11. The fraction of sp³-hybridized carbons (Fsp3) is 0.167. The average molecular weight is 414 g/mol. The minimum absolute atomic E-state index is 0. The highest BCUT2D eigenvalue weighted by atomic mass is 35.5. The Morgan fingerprint density at radius 3 is 1.96 bits per heavy atom. The number of nitrogens with zero attached hydrogens (tertiary/aromatic N) is 1. The molecular weight excluding hydrogens is 389 g/mol. The van der Waals surface area contributed by atoms with Crippen LogP contribution in [0.15, 0.2) is 78.4 Å². The summed E-state index contributed by atoms with van der Waals surface area (Å²) in [7, 11) is 4.13. The third kappa shape index (κ3) is 5.39. The molecule has 0 heterocycles. The second-order valence-electron chi connectivity index (χ2n) is 7.03. The van der Waals surface area contributed by atoms with Crippen molar-refractivity contribution >= 4 is 29.6 Å². The minimum Gasteiger partial charge on any atom is -0.508 e. The smallest absolute Gasteiger partial charge is 0.116 e. The van der Waals surface area contributed by atoms with Gasteiger partial charge in [-0.15, -0.1) is 12.4 Å². The lowest BCUT2D eigenvalue weighted by Crippen LogP contribution is -2.15. The van der Waals surface area contributed by atoms with Gasteiger partial charge in [-0.2, -0.15) is 0 Å². The number of halogens is 2. The van der Waals surface area contributed by atoms with Gasteiger partial charge in [0.1, 0.15) is 5.75 Å². The maximum atomic E-state index is 9.94. The molecule has 0 unspecified atom stereocenters. The van der Waals surface area contributed by atoms with Crippen molar-refractivity contribution in [2.45, 2.75) is 6.92 Å². The number of likely N-dealkylation sites (N-methyl/N-ethyl adjacent to an activating group) is 1. The lowest BCUT2D eigenvalue weighted by atomic mass is 9.92. The van der Waals surface area contributed by atoms with Crippen molar-refractivity contribution in [3.8, 4) is 16.9 Å². The van der Waals surface area contributed by atoms with Crippen LogP contribution in [0.2, 0.25) is 5.02 Å². The van der Waals surface area contributed by atoms with Crippen LogP contribution in [0, 0.1) is 0 Å². The Morgan fingerprint density at radius 1 is 0.857 bits per heavy atom. The molecule has 0 bridgehead atoms. The largest absolute Gasteiger partial charge is 0.508 e. The number of phenols is 1. The van der Waals surface area contributed by atoms with Gasteiger partial charge in [0.25, 0.3) is 0 Å². The Balaban J connectivity index is 0.00000280. The second-order valence-corrected chi connectivity index (χ2v) is 7.46. The molecule has 3 aromatic rings. The molecule has 0 aromatic heterocycles. The van der Waals surface area contributed by atoms with E-state index in [9.17, 15) is 5.11 Å². The van der Waals surface area contributed by atoms with Crippen molar-refractivity contribution in [2.24, 2.45) is 0 Å². The van der Waals surface area contributed by atoms with Crippen molar-refractivity contribution in [1.82, 2.24) is 4.90 Å². The number of aromatic hydroxyl groups is 1. The van der Waals surface area contributed by atoms with Gasteiger partial charge in [0.15, 0.2) is 0 Å². The van der Waals surface area contributed by atoms with E-state index in [0.29, 0.717) is 0 Å². The minimum atomic E-state index is 0. The fourth-order valence-corrected chi connectivity index (χ4v) is 3.47. The summed E-state index contributed by atoms with van der Waals surface area (Å²) >= 11 is 5.99. The van der Waals surface area contributed by atoms with Gasteiger partial charge in [-0.25, -0.2) is 0 Å². The first-order valence-corrected chi connectivity index (χ1v) is 9.32. The number of hydrogen-bond acceptors (Lipinski definition) is 2. The van der Waals surface area contributed by atoms with Crippen molar-refractivity contribution < 1.29 is 5.11 Å². The molecule has 0 saturated heterocycles. The van der Waals surface area contributed by atoms with Crippen LogP contribution in [-0.2, 0) is 0 Å². The topological polar surface area (TPSA) is 23.5 Å². The Hall–Kier alpha value is -2.26. The van der Waals surface area contributed by atoms with E-state index in [0.717, 1.165) is 39.4 Å². The first kappa shape index (κ1) is 22.0. The fourth-order valence-electron chi connectivity index (χ4n) is 3.35. The van der Waals surface area contributed by atoms with Crippen molar-refractivity contribution in [3.63, 3.8) is 0 Å². The molecule has 3 aromatic carbocycles. The monoisotopic (exact) mass is 413 g/mol. The lowest BCUT2D eigenvalue weighted by Gasteiger charge is -2.17. The molecule has 0 aliphatic carbocycles. The van der Waals surface area contributed by atoms with Gasteiger partial charge in [-0.1, -0.05) is 65.7 Å². The Labute approximate surface area is 178 Å². The Morgan fingerprint density at radius 2 is 1.43 bits per heavy atom. The van der Waals surface area contributed by atoms with Gasteiger partial charge < -0.3 is 10.0 Å². The van der Waals surface area contributed by atoms with Gasteiger partial charge in [0, 0.05) is 11.6 Å². The average Bonchev–Trinajstić information content (AvgIpc) is 2.63. The quantitative estimate of drug-likeness (QED) is 0.514. The third-order valence-electron chi connectivity index (χ3n) is 4.47. The zero-order valence-electron chi connectivity index (χ0n) is 16.3. The van der Waals surface area contributed by atoms with Gasteiger partial charge in [0.05, 0.1) is 0 Å². The molecule has 0 radical (unpaired) electrons. The normalized spacial score (nSPS) is 11.8. The SMILES string of the molecule is C/C(CN(C)C)=C(/c1ccc(-c2ccc(Cl)cc2)cc1)c1cccc(O)c1.Cl. The van der Waals surface area contributed by atoms with E-state index < -0.39 is 0 Å². The molecule has 0 aliphatic rings. The van der Waals surface area contributed by atoms with Gasteiger partial charge in [-0.3, -0.25) is 0 Å². The van der Waals surface area contributed by atoms with Crippen LogP contribution >= 0.6 is 24.0 Å². The summed E-state index contributed by atoms with van der Waals surface area (Å²) in [6.45, 7) is 3.00.